The predicted molar refractivity (Wildman–Crippen MR) is 67.7 cm³/mol. The first-order valence-electron chi connectivity index (χ1n) is 4.77. The van der Waals surface area contributed by atoms with E-state index in [4.69, 9.17) is 22.2 Å². The largest absolute Gasteiger partial charge is 0.241 e. The van der Waals surface area contributed by atoms with Crippen LogP contribution in [0, 0.1) is 0 Å². The van der Waals surface area contributed by atoms with Gasteiger partial charge in [-0.3, -0.25) is 0 Å². The zero-order valence-corrected chi connectivity index (χ0v) is 11.5. The van der Waals surface area contributed by atoms with Crippen molar-refractivity contribution in [2.24, 2.45) is 0 Å². The van der Waals surface area contributed by atoms with Crippen molar-refractivity contribution in [3.8, 4) is 0 Å². The topological polar surface area (TPSA) is 0 Å². The molecule has 0 aromatic heterocycles. The first-order chi connectivity index (χ1) is 6.39. The third-order valence-corrected chi connectivity index (χ3v) is 3.92. The summed E-state index contributed by atoms with van der Waals surface area (Å²) in [5.41, 5.74) is 2.82. The van der Waals surface area contributed by atoms with E-state index in [0.717, 1.165) is 6.04 Å². The Bertz CT molecular complexity index is 285. The molecule has 1 aromatic rings. The normalized spacial score (nSPS) is 12.1. The summed E-state index contributed by atoms with van der Waals surface area (Å²) in [6, 6.07) is 9.45. The molecule has 0 heterocycles. The smallest absolute Gasteiger partial charge is 0.150 e. The van der Waals surface area contributed by atoms with E-state index in [1.807, 2.05) is 0 Å². The second kappa shape index (κ2) is 4.69. The molecule has 0 aliphatic carbocycles. The molecule has 0 nitrogen and oxygen atoms in total. The zero-order chi connectivity index (χ0) is 10.8. The molecule has 0 fully saturated rings. The van der Waals surface area contributed by atoms with Gasteiger partial charge in [0.25, 0.3) is 0 Å². The average molecular weight is 247 g/mol. The van der Waals surface area contributed by atoms with Gasteiger partial charge in [-0.05, 0) is 22.6 Å². The molecule has 0 saturated carbocycles. The maximum Gasteiger partial charge on any atom is 0.241 e. The quantitative estimate of drug-likeness (QED) is 0.551. The molecule has 1 aromatic carbocycles. The second-order valence-electron chi connectivity index (χ2n) is 4.54. The Morgan fingerprint density at radius 3 is 1.93 bits per heavy atom. The van der Waals surface area contributed by atoms with E-state index >= 15 is 0 Å². The standard InChI is InChI=1S/C11H16Cl2Si/c1-11(2,3)10-6-4-9(5-7-10)8-14(12)13/h4-7,14H,8H2,1-3H3. The summed E-state index contributed by atoms with van der Waals surface area (Å²) >= 11 is 11.7. The van der Waals surface area contributed by atoms with Gasteiger partial charge >= 0.3 is 0 Å². The number of benzene rings is 1. The van der Waals surface area contributed by atoms with Crippen molar-refractivity contribution in [1.82, 2.24) is 0 Å². The van der Waals surface area contributed by atoms with Crippen molar-refractivity contribution in [2.75, 3.05) is 0 Å². The zero-order valence-electron chi connectivity index (χ0n) is 8.85. The third kappa shape index (κ3) is 3.64. The molecule has 0 atom stereocenters. The van der Waals surface area contributed by atoms with Crippen molar-refractivity contribution >= 4 is 29.6 Å². The van der Waals surface area contributed by atoms with Crippen LogP contribution < -0.4 is 0 Å². The van der Waals surface area contributed by atoms with Crippen LogP contribution >= 0.6 is 22.2 Å². The minimum Gasteiger partial charge on any atom is -0.150 e. The summed E-state index contributed by atoms with van der Waals surface area (Å²) in [7, 11) is -1.51. The Hall–Kier alpha value is 0.0169. The minimum atomic E-state index is -1.51. The van der Waals surface area contributed by atoms with Crippen LogP contribution in [0.3, 0.4) is 0 Å². The lowest BCUT2D eigenvalue weighted by molar-refractivity contribution is 0.590. The van der Waals surface area contributed by atoms with Crippen LogP contribution in [0.5, 0.6) is 0 Å². The van der Waals surface area contributed by atoms with Gasteiger partial charge in [-0.25, -0.2) is 0 Å². The van der Waals surface area contributed by atoms with Crippen LogP contribution in [0.15, 0.2) is 24.3 Å². The van der Waals surface area contributed by atoms with Gasteiger partial charge in [-0.1, -0.05) is 45.0 Å². The van der Waals surface area contributed by atoms with Gasteiger partial charge in [0.1, 0.15) is 0 Å². The molecule has 78 valence electrons. The van der Waals surface area contributed by atoms with Crippen LogP contribution in [0.4, 0.5) is 0 Å². The first kappa shape index (κ1) is 12.1. The Morgan fingerprint density at radius 1 is 1.07 bits per heavy atom. The molecule has 0 amide bonds. The fraction of sp³-hybridized carbons (Fsp3) is 0.455. The molecule has 0 aliphatic rings. The van der Waals surface area contributed by atoms with Crippen molar-refractivity contribution in [3.63, 3.8) is 0 Å². The van der Waals surface area contributed by atoms with E-state index in [-0.39, 0.29) is 5.41 Å². The van der Waals surface area contributed by atoms with Gasteiger partial charge in [-0.2, -0.15) is 0 Å². The molecule has 14 heavy (non-hydrogen) atoms. The average Bonchev–Trinajstić information content (AvgIpc) is 2.02. The van der Waals surface area contributed by atoms with Crippen molar-refractivity contribution in [1.29, 1.82) is 0 Å². The van der Waals surface area contributed by atoms with Gasteiger partial charge in [0.15, 0.2) is 0 Å². The highest BCUT2D eigenvalue weighted by Gasteiger charge is 2.13. The molecule has 0 unspecified atom stereocenters. The lowest BCUT2D eigenvalue weighted by Crippen LogP contribution is -2.11. The van der Waals surface area contributed by atoms with Gasteiger partial charge in [0.05, 0.1) is 0 Å². The molecule has 3 heteroatoms. The molecular weight excluding hydrogens is 231 g/mol. The third-order valence-electron chi connectivity index (χ3n) is 2.21. The molecule has 1 rings (SSSR count). The van der Waals surface area contributed by atoms with Crippen molar-refractivity contribution < 1.29 is 0 Å². The Labute approximate surface area is 97.3 Å². The van der Waals surface area contributed by atoms with Crippen LogP contribution in [0.1, 0.15) is 31.9 Å². The summed E-state index contributed by atoms with van der Waals surface area (Å²) in [6.07, 6.45) is 0. The van der Waals surface area contributed by atoms with Crippen LogP contribution in [-0.2, 0) is 11.5 Å². The number of hydrogen-bond acceptors (Lipinski definition) is 0. The Kier molecular flexibility index (Phi) is 4.05. The first-order valence-corrected chi connectivity index (χ1v) is 9.08. The monoisotopic (exact) mass is 246 g/mol. The summed E-state index contributed by atoms with van der Waals surface area (Å²) in [5.74, 6) is 0. The molecule has 0 radical (unpaired) electrons. The highest BCUT2D eigenvalue weighted by atomic mass is 35.7. The fourth-order valence-electron chi connectivity index (χ4n) is 1.32. The number of hydrogen-bond donors (Lipinski definition) is 0. The molecule has 0 aliphatic heterocycles. The van der Waals surface area contributed by atoms with Gasteiger partial charge in [-0.15, -0.1) is 22.2 Å². The second-order valence-corrected chi connectivity index (χ2v) is 9.56. The molecule has 0 saturated heterocycles. The minimum absolute atomic E-state index is 0.220. The lowest BCUT2D eigenvalue weighted by Gasteiger charge is -2.19. The number of rotatable bonds is 2. The highest BCUT2D eigenvalue weighted by Crippen LogP contribution is 2.22. The van der Waals surface area contributed by atoms with E-state index in [1.54, 1.807) is 0 Å². The molecule has 0 bridgehead atoms. The van der Waals surface area contributed by atoms with Crippen LogP contribution in [0.25, 0.3) is 0 Å². The summed E-state index contributed by atoms with van der Waals surface area (Å²) in [4.78, 5) is 0. The van der Waals surface area contributed by atoms with Crippen LogP contribution in [-0.4, -0.2) is 7.42 Å². The Balaban J connectivity index is 2.79. The predicted octanol–water partition coefficient (Wildman–Crippen LogP) is 3.76. The van der Waals surface area contributed by atoms with Crippen molar-refractivity contribution in [2.45, 2.75) is 32.2 Å². The summed E-state index contributed by atoms with van der Waals surface area (Å²) in [6.45, 7) is 6.63. The number of halogens is 2. The van der Waals surface area contributed by atoms with Crippen molar-refractivity contribution in [3.05, 3.63) is 35.4 Å². The summed E-state index contributed by atoms with van der Waals surface area (Å²) < 4.78 is 0. The van der Waals surface area contributed by atoms with E-state index < -0.39 is 7.42 Å². The maximum atomic E-state index is 5.85. The van der Waals surface area contributed by atoms with Gasteiger partial charge in [0, 0.05) is 0 Å². The van der Waals surface area contributed by atoms with E-state index in [1.165, 1.54) is 11.1 Å². The molecule has 0 spiro atoms. The Morgan fingerprint density at radius 2 is 1.57 bits per heavy atom. The van der Waals surface area contributed by atoms with E-state index in [0.29, 0.717) is 0 Å². The summed E-state index contributed by atoms with van der Waals surface area (Å²) in [5, 5.41) is 0. The van der Waals surface area contributed by atoms with Gasteiger partial charge < -0.3 is 0 Å². The van der Waals surface area contributed by atoms with Crippen LogP contribution in [0.2, 0.25) is 0 Å². The van der Waals surface area contributed by atoms with E-state index in [9.17, 15) is 0 Å². The molecule has 0 N–H and O–H groups in total. The molecular formula is C11H16Cl2Si. The fourth-order valence-corrected chi connectivity index (χ4v) is 3.02. The SMILES string of the molecule is CC(C)(C)c1ccc(C[SiH](Cl)Cl)cc1. The van der Waals surface area contributed by atoms with E-state index in [2.05, 4.69) is 45.0 Å². The van der Waals surface area contributed by atoms with Gasteiger partial charge in [0.2, 0.25) is 7.42 Å². The lowest BCUT2D eigenvalue weighted by atomic mass is 9.87. The maximum absolute atomic E-state index is 5.85. The highest BCUT2D eigenvalue weighted by molar-refractivity contribution is 7.33.